The summed E-state index contributed by atoms with van der Waals surface area (Å²) in [6.45, 7) is 1.85. The average molecular weight is 288 g/mol. The van der Waals surface area contributed by atoms with Crippen molar-refractivity contribution < 1.29 is 9.90 Å². The standard InChI is InChI=1S/C11H10ClNO2S2/c1-6-11(16)13(5-10(14)15)8-3-2-7(12)4-9(8)17-6/h2-4,6H,5H2,1H3,(H,14,15). The summed E-state index contributed by atoms with van der Waals surface area (Å²) in [6.07, 6.45) is 0. The third-order valence-electron chi connectivity index (χ3n) is 2.42. The van der Waals surface area contributed by atoms with Gasteiger partial charge in [-0.15, -0.1) is 11.8 Å². The van der Waals surface area contributed by atoms with E-state index in [1.807, 2.05) is 19.1 Å². The Morgan fingerprint density at radius 3 is 3.00 bits per heavy atom. The number of thioether (sulfide) groups is 1. The van der Waals surface area contributed by atoms with Crippen LogP contribution in [0, 0.1) is 0 Å². The number of carbonyl (C=O) groups is 1. The van der Waals surface area contributed by atoms with E-state index in [2.05, 4.69) is 0 Å². The van der Waals surface area contributed by atoms with Gasteiger partial charge in [0.25, 0.3) is 0 Å². The van der Waals surface area contributed by atoms with Gasteiger partial charge >= 0.3 is 5.97 Å². The van der Waals surface area contributed by atoms with Gasteiger partial charge in [0.1, 0.15) is 6.54 Å². The van der Waals surface area contributed by atoms with E-state index in [1.54, 1.807) is 22.7 Å². The first kappa shape index (κ1) is 12.7. The Hall–Kier alpha value is -0.780. The van der Waals surface area contributed by atoms with Crippen molar-refractivity contribution >= 4 is 52.2 Å². The maximum atomic E-state index is 10.9. The number of halogens is 1. The number of aliphatic carboxylic acids is 1. The molecule has 0 spiro atoms. The Balaban J connectivity index is 2.45. The Morgan fingerprint density at radius 1 is 1.65 bits per heavy atom. The highest BCUT2D eigenvalue weighted by molar-refractivity contribution is 8.02. The molecule has 1 heterocycles. The van der Waals surface area contributed by atoms with Crippen LogP contribution in [-0.2, 0) is 4.79 Å². The maximum absolute atomic E-state index is 10.9. The van der Waals surface area contributed by atoms with E-state index in [4.69, 9.17) is 28.9 Å². The Kier molecular flexibility index (Phi) is 3.61. The van der Waals surface area contributed by atoms with Crippen molar-refractivity contribution in [3.63, 3.8) is 0 Å². The minimum atomic E-state index is -0.896. The second-order valence-electron chi connectivity index (χ2n) is 3.69. The van der Waals surface area contributed by atoms with Gasteiger partial charge in [-0.25, -0.2) is 0 Å². The molecule has 1 atom stereocenters. The molecular formula is C11H10ClNO2S2. The van der Waals surface area contributed by atoms with Gasteiger partial charge in [0.05, 0.1) is 15.9 Å². The SMILES string of the molecule is CC1Sc2cc(Cl)ccc2N(CC(=O)O)C1=S. The van der Waals surface area contributed by atoms with E-state index < -0.39 is 5.97 Å². The second-order valence-corrected chi connectivity index (χ2v) is 5.93. The van der Waals surface area contributed by atoms with Crippen LogP contribution in [0.1, 0.15) is 6.92 Å². The average Bonchev–Trinajstić information content (AvgIpc) is 2.24. The minimum Gasteiger partial charge on any atom is -0.480 e. The molecule has 1 N–H and O–H groups in total. The number of rotatable bonds is 2. The minimum absolute atomic E-state index is 0.0790. The van der Waals surface area contributed by atoms with Gasteiger partial charge in [-0.05, 0) is 25.1 Å². The lowest BCUT2D eigenvalue weighted by atomic mass is 10.2. The first-order valence-electron chi connectivity index (χ1n) is 4.98. The fourth-order valence-electron chi connectivity index (χ4n) is 1.68. The Morgan fingerprint density at radius 2 is 2.35 bits per heavy atom. The molecule has 90 valence electrons. The number of nitrogens with zero attached hydrogens (tertiary/aromatic N) is 1. The van der Waals surface area contributed by atoms with Crippen LogP contribution in [0.3, 0.4) is 0 Å². The van der Waals surface area contributed by atoms with Gasteiger partial charge in [0.2, 0.25) is 0 Å². The molecule has 6 heteroatoms. The van der Waals surface area contributed by atoms with Crippen LogP contribution >= 0.6 is 35.6 Å². The number of hydrogen-bond donors (Lipinski definition) is 1. The molecule has 17 heavy (non-hydrogen) atoms. The molecular weight excluding hydrogens is 278 g/mol. The molecule has 0 saturated carbocycles. The van der Waals surface area contributed by atoms with Crippen LogP contribution in [0.15, 0.2) is 23.1 Å². The zero-order chi connectivity index (χ0) is 12.6. The molecule has 1 aromatic carbocycles. The highest BCUT2D eigenvalue weighted by atomic mass is 35.5. The van der Waals surface area contributed by atoms with Gasteiger partial charge < -0.3 is 10.0 Å². The van der Waals surface area contributed by atoms with Crippen LogP contribution in [0.25, 0.3) is 0 Å². The van der Waals surface area contributed by atoms with Gasteiger partial charge in [0.15, 0.2) is 0 Å². The third kappa shape index (κ3) is 2.56. The van der Waals surface area contributed by atoms with Crippen molar-refractivity contribution in [1.29, 1.82) is 0 Å². The molecule has 1 aromatic rings. The normalized spacial score (nSPS) is 19.1. The zero-order valence-corrected chi connectivity index (χ0v) is 11.4. The van der Waals surface area contributed by atoms with Gasteiger partial charge in [-0.1, -0.05) is 23.8 Å². The second kappa shape index (κ2) is 4.84. The van der Waals surface area contributed by atoms with E-state index in [-0.39, 0.29) is 11.8 Å². The molecule has 0 amide bonds. The van der Waals surface area contributed by atoms with Gasteiger partial charge in [-0.3, -0.25) is 4.79 Å². The molecule has 2 rings (SSSR count). The smallest absolute Gasteiger partial charge is 0.323 e. The first-order valence-corrected chi connectivity index (χ1v) is 6.65. The fourth-order valence-corrected chi connectivity index (χ4v) is 3.33. The van der Waals surface area contributed by atoms with Gasteiger partial charge in [0, 0.05) is 9.92 Å². The molecule has 1 unspecified atom stereocenters. The molecule has 0 radical (unpaired) electrons. The van der Waals surface area contributed by atoms with Crippen molar-refractivity contribution in [1.82, 2.24) is 0 Å². The van der Waals surface area contributed by atoms with Crippen LogP contribution in [0.4, 0.5) is 5.69 Å². The van der Waals surface area contributed by atoms with E-state index in [1.165, 1.54) is 0 Å². The molecule has 3 nitrogen and oxygen atoms in total. The topological polar surface area (TPSA) is 40.5 Å². The summed E-state index contributed by atoms with van der Waals surface area (Å²) in [4.78, 5) is 14.1. The lowest BCUT2D eigenvalue weighted by Gasteiger charge is -2.33. The summed E-state index contributed by atoms with van der Waals surface area (Å²) < 4.78 is 0. The monoisotopic (exact) mass is 287 g/mol. The van der Waals surface area contributed by atoms with Crippen molar-refractivity contribution in [2.75, 3.05) is 11.4 Å². The summed E-state index contributed by atoms with van der Waals surface area (Å²) in [7, 11) is 0. The number of carboxylic acid groups (broad SMARTS) is 1. The molecule has 0 aliphatic carbocycles. The zero-order valence-electron chi connectivity index (χ0n) is 9.01. The van der Waals surface area contributed by atoms with Crippen molar-refractivity contribution in [2.24, 2.45) is 0 Å². The largest absolute Gasteiger partial charge is 0.480 e. The Bertz CT molecular complexity index is 492. The summed E-state index contributed by atoms with van der Waals surface area (Å²) >= 11 is 12.8. The lowest BCUT2D eigenvalue weighted by Crippen LogP contribution is -2.41. The van der Waals surface area contributed by atoms with Crippen LogP contribution in [0.5, 0.6) is 0 Å². The highest BCUT2D eigenvalue weighted by Gasteiger charge is 2.28. The number of fused-ring (bicyclic) bond motifs is 1. The number of anilines is 1. The molecule has 1 aliphatic rings. The van der Waals surface area contributed by atoms with Crippen molar-refractivity contribution in [2.45, 2.75) is 17.1 Å². The molecule has 0 fully saturated rings. The number of benzene rings is 1. The van der Waals surface area contributed by atoms with Crippen LogP contribution in [-0.4, -0.2) is 27.9 Å². The summed E-state index contributed by atoms with van der Waals surface area (Å²) in [5.74, 6) is -0.896. The predicted octanol–water partition coefficient (Wildman–Crippen LogP) is 3.05. The Labute approximate surface area is 114 Å². The quantitative estimate of drug-likeness (QED) is 0.847. The van der Waals surface area contributed by atoms with Crippen molar-refractivity contribution in [3.05, 3.63) is 23.2 Å². The van der Waals surface area contributed by atoms with Gasteiger partial charge in [-0.2, -0.15) is 0 Å². The van der Waals surface area contributed by atoms with E-state index in [0.29, 0.717) is 10.0 Å². The van der Waals surface area contributed by atoms with E-state index >= 15 is 0 Å². The number of thiocarbonyl (C=S) groups is 1. The predicted molar refractivity (Wildman–Crippen MR) is 74.4 cm³/mol. The van der Waals surface area contributed by atoms with Crippen LogP contribution in [0.2, 0.25) is 5.02 Å². The summed E-state index contributed by atoms with van der Waals surface area (Å²) in [5.41, 5.74) is 0.824. The molecule has 1 aliphatic heterocycles. The maximum Gasteiger partial charge on any atom is 0.323 e. The third-order valence-corrected chi connectivity index (χ3v) is 4.54. The molecule has 0 aromatic heterocycles. The molecule has 0 bridgehead atoms. The number of carboxylic acids is 1. The van der Waals surface area contributed by atoms with Crippen LogP contribution < -0.4 is 4.90 Å². The summed E-state index contributed by atoms with van der Waals surface area (Å²) in [5, 5.41) is 9.64. The fraction of sp³-hybridized carbons (Fsp3) is 0.273. The highest BCUT2D eigenvalue weighted by Crippen LogP contribution is 2.40. The first-order chi connectivity index (χ1) is 7.99. The van der Waals surface area contributed by atoms with E-state index in [9.17, 15) is 4.79 Å². The lowest BCUT2D eigenvalue weighted by molar-refractivity contribution is -0.135. The van der Waals surface area contributed by atoms with E-state index in [0.717, 1.165) is 10.6 Å². The van der Waals surface area contributed by atoms with Crippen molar-refractivity contribution in [3.8, 4) is 0 Å². The molecule has 0 saturated heterocycles. The number of hydrogen-bond acceptors (Lipinski definition) is 3. The summed E-state index contributed by atoms with van der Waals surface area (Å²) in [6, 6.07) is 5.40.